The number of guanidine groups is 1. The van der Waals surface area contributed by atoms with Crippen LogP contribution in [0.1, 0.15) is 40.0 Å². The number of carbonyl (C=O) groups excluding carboxylic acids is 1. The van der Waals surface area contributed by atoms with Crippen molar-refractivity contribution in [2.45, 2.75) is 46.1 Å². The van der Waals surface area contributed by atoms with E-state index in [4.69, 9.17) is 14.5 Å². The molecule has 0 radical (unpaired) electrons. The van der Waals surface area contributed by atoms with Crippen molar-refractivity contribution >= 4 is 11.9 Å². The van der Waals surface area contributed by atoms with Crippen molar-refractivity contribution in [1.82, 2.24) is 10.2 Å². The van der Waals surface area contributed by atoms with E-state index in [0.29, 0.717) is 13.2 Å². The van der Waals surface area contributed by atoms with E-state index in [0.717, 1.165) is 50.6 Å². The molecular formula is C21H33N3O3. The first-order valence-electron chi connectivity index (χ1n) is 10.1. The Morgan fingerprint density at radius 2 is 1.93 bits per heavy atom. The molecule has 0 aliphatic carbocycles. The van der Waals surface area contributed by atoms with E-state index >= 15 is 0 Å². The average molecular weight is 376 g/mol. The largest absolute Gasteiger partial charge is 0.489 e. The van der Waals surface area contributed by atoms with Gasteiger partial charge in [-0.1, -0.05) is 25.1 Å². The summed E-state index contributed by atoms with van der Waals surface area (Å²) in [5, 5.41) is 3.37. The molecule has 1 heterocycles. The Balaban J connectivity index is 1.92. The van der Waals surface area contributed by atoms with Crippen molar-refractivity contribution in [2.24, 2.45) is 10.9 Å². The van der Waals surface area contributed by atoms with Gasteiger partial charge < -0.3 is 19.7 Å². The minimum atomic E-state index is -0.0682. The van der Waals surface area contributed by atoms with Gasteiger partial charge in [-0.25, -0.2) is 4.99 Å². The number of likely N-dealkylation sites (tertiary alicyclic amines) is 1. The number of nitrogens with zero attached hydrogens (tertiary/aromatic N) is 2. The molecule has 6 nitrogen and oxygen atoms in total. The average Bonchev–Trinajstić information content (AvgIpc) is 2.71. The molecule has 0 bridgehead atoms. The molecule has 27 heavy (non-hydrogen) atoms. The van der Waals surface area contributed by atoms with Crippen molar-refractivity contribution in [3.63, 3.8) is 0 Å². The molecule has 1 atom stereocenters. The molecule has 0 aromatic heterocycles. The third-order valence-electron chi connectivity index (χ3n) is 4.70. The summed E-state index contributed by atoms with van der Waals surface area (Å²) in [5.41, 5.74) is 0. The molecule has 1 unspecified atom stereocenters. The molecule has 150 valence electrons. The SMILES string of the molecule is CCNC(=NCC(CC)Oc1ccccc1)N1CCC(C(=O)OCC)CC1. The fourth-order valence-electron chi connectivity index (χ4n) is 3.14. The summed E-state index contributed by atoms with van der Waals surface area (Å²) in [5.74, 6) is 1.71. The second kappa shape index (κ2) is 11.5. The highest BCUT2D eigenvalue weighted by Gasteiger charge is 2.27. The normalized spacial score (nSPS) is 16.7. The van der Waals surface area contributed by atoms with E-state index < -0.39 is 0 Å². The lowest BCUT2D eigenvalue weighted by Gasteiger charge is -2.33. The number of ether oxygens (including phenoxy) is 2. The fourth-order valence-corrected chi connectivity index (χ4v) is 3.14. The molecule has 1 saturated heterocycles. The second-order valence-electron chi connectivity index (χ2n) is 6.67. The Morgan fingerprint density at radius 1 is 1.22 bits per heavy atom. The minimum Gasteiger partial charge on any atom is -0.489 e. The molecule has 1 aliphatic rings. The van der Waals surface area contributed by atoms with Crippen LogP contribution < -0.4 is 10.1 Å². The van der Waals surface area contributed by atoms with Gasteiger partial charge in [-0.2, -0.15) is 0 Å². The Bertz CT molecular complexity index is 584. The lowest BCUT2D eigenvalue weighted by atomic mass is 9.97. The summed E-state index contributed by atoms with van der Waals surface area (Å²) in [7, 11) is 0. The molecule has 0 saturated carbocycles. The van der Waals surface area contributed by atoms with E-state index in [1.165, 1.54) is 0 Å². The van der Waals surface area contributed by atoms with Crippen LogP contribution in [0.3, 0.4) is 0 Å². The maximum atomic E-state index is 11.9. The molecule has 1 aromatic rings. The van der Waals surface area contributed by atoms with Gasteiger partial charge in [0.15, 0.2) is 5.96 Å². The Labute approximate surface area is 162 Å². The summed E-state index contributed by atoms with van der Waals surface area (Å²) >= 11 is 0. The van der Waals surface area contributed by atoms with Crippen LogP contribution in [-0.4, -0.2) is 55.7 Å². The molecule has 0 spiro atoms. The lowest BCUT2D eigenvalue weighted by molar-refractivity contribution is -0.149. The number of aliphatic imine (C=N–C) groups is 1. The Morgan fingerprint density at radius 3 is 2.52 bits per heavy atom. The highest BCUT2D eigenvalue weighted by atomic mass is 16.5. The van der Waals surface area contributed by atoms with Crippen molar-refractivity contribution < 1.29 is 14.3 Å². The first-order chi connectivity index (χ1) is 13.2. The van der Waals surface area contributed by atoms with Crippen LogP contribution in [0, 0.1) is 5.92 Å². The molecule has 0 amide bonds. The maximum Gasteiger partial charge on any atom is 0.309 e. The molecule has 1 aromatic carbocycles. The topological polar surface area (TPSA) is 63.2 Å². The highest BCUT2D eigenvalue weighted by molar-refractivity contribution is 5.80. The van der Waals surface area contributed by atoms with Crippen LogP contribution in [0.2, 0.25) is 0 Å². The van der Waals surface area contributed by atoms with Crippen molar-refractivity contribution in [1.29, 1.82) is 0 Å². The zero-order valence-electron chi connectivity index (χ0n) is 16.8. The van der Waals surface area contributed by atoms with Crippen LogP contribution in [0.4, 0.5) is 0 Å². The van der Waals surface area contributed by atoms with Crippen LogP contribution in [0.25, 0.3) is 0 Å². The van der Waals surface area contributed by atoms with E-state index in [-0.39, 0.29) is 18.0 Å². The van der Waals surface area contributed by atoms with Crippen molar-refractivity contribution in [3.05, 3.63) is 30.3 Å². The Kier molecular flexibility index (Phi) is 8.95. The van der Waals surface area contributed by atoms with E-state index in [1.807, 2.05) is 37.3 Å². The highest BCUT2D eigenvalue weighted by Crippen LogP contribution is 2.19. The summed E-state index contributed by atoms with van der Waals surface area (Å²) in [4.78, 5) is 19.0. The first-order valence-corrected chi connectivity index (χ1v) is 10.1. The molecule has 1 aliphatic heterocycles. The van der Waals surface area contributed by atoms with E-state index in [2.05, 4.69) is 24.1 Å². The molecule has 6 heteroatoms. The molecule has 1 N–H and O–H groups in total. The van der Waals surface area contributed by atoms with Gasteiger partial charge >= 0.3 is 5.97 Å². The zero-order valence-corrected chi connectivity index (χ0v) is 16.8. The molecule has 2 rings (SSSR count). The number of nitrogens with one attached hydrogen (secondary N) is 1. The summed E-state index contributed by atoms with van der Waals surface area (Å²) < 4.78 is 11.2. The van der Waals surface area contributed by atoms with Gasteiger partial charge in [0.25, 0.3) is 0 Å². The predicted octanol–water partition coefficient (Wildman–Crippen LogP) is 3.08. The number of hydrogen-bond acceptors (Lipinski definition) is 4. The molecule has 1 fully saturated rings. The standard InChI is InChI=1S/C21H33N3O3/c1-4-18(27-19-10-8-7-9-11-19)16-23-21(22-5-2)24-14-12-17(13-15-24)20(25)26-6-3/h7-11,17-18H,4-6,12-16H2,1-3H3,(H,22,23). The monoisotopic (exact) mass is 375 g/mol. The van der Waals surface area contributed by atoms with Gasteiger partial charge in [0.05, 0.1) is 19.1 Å². The van der Waals surface area contributed by atoms with Gasteiger partial charge in [-0.15, -0.1) is 0 Å². The number of benzene rings is 1. The summed E-state index contributed by atoms with van der Waals surface area (Å²) in [6, 6.07) is 9.87. The minimum absolute atomic E-state index is 0.00822. The van der Waals surface area contributed by atoms with Gasteiger partial charge in [0, 0.05) is 19.6 Å². The van der Waals surface area contributed by atoms with E-state index in [1.54, 1.807) is 0 Å². The summed E-state index contributed by atoms with van der Waals surface area (Å²) in [6.07, 6.45) is 2.54. The van der Waals surface area contributed by atoms with Crippen LogP contribution >= 0.6 is 0 Å². The molecular weight excluding hydrogens is 342 g/mol. The van der Waals surface area contributed by atoms with Gasteiger partial charge in [-0.3, -0.25) is 4.79 Å². The van der Waals surface area contributed by atoms with Crippen LogP contribution in [0.5, 0.6) is 5.75 Å². The van der Waals surface area contributed by atoms with Crippen LogP contribution in [-0.2, 0) is 9.53 Å². The number of para-hydroxylation sites is 1. The number of esters is 1. The smallest absolute Gasteiger partial charge is 0.309 e. The van der Waals surface area contributed by atoms with Gasteiger partial charge in [0.1, 0.15) is 11.9 Å². The lowest BCUT2D eigenvalue weighted by Crippen LogP contribution is -2.47. The first kappa shape index (κ1) is 21.1. The number of rotatable bonds is 8. The quantitative estimate of drug-likeness (QED) is 0.430. The summed E-state index contributed by atoms with van der Waals surface area (Å²) in [6.45, 7) is 9.52. The third-order valence-corrected chi connectivity index (χ3v) is 4.70. The fraction of sp³-hybridized carbons (Fsp3) is 0.619. The van der Waals surface area contributed by atoms with Gasteiger partial charge in [0.2, 0.25) is 0 Å². The Hall–Kier alpha value is -2.24. The van der Waals surface area contributed by atoms with E-state index in [9.17, 15) is 4.79 Å². The van der Waals surface area contributed by atoms with Crippen molar-refractivity contribution in [3.8, 4) is 5.75 Å². The second-order valence-corrected chi connectivity index (χ2v) is 6.67. The number of piperidine rings is 1. The number of hydrogen-bond donors (Lipinski definition) is 1. The number of carbonyl (C=O) groups is 1. The van der Waals surface area contributed by atoms with Crippen molar-refractivity contribution in [2.75, 3.05) is 32.8 Å². The zero-order chi connectivity index (χ0) is 19.5. The third kappa shape index (κ3) is 6.77. The predicted molar refractivity (Wildman–Crippen MR) is 108 cm³/mol. The van der Waals surface area contributed by atoms with Gasteiger partial charge in [-0.05, 0) is 45.2 Å². The van der Waals surface area contributed by atoms with Crippen LogP contribution in [0.15, 0.2) is 35.3 Å². The maximum absolute atomic E-state index is 11.9.